The van der Waals surface area contributed by atoms with E-state index < -0.39 is 6.04 Å². The van der Waals surface area contributed by atoms with Crippen molar-refractivity contribution in [2.24, 2.45) is 7.05 Å². The average Bonchev–Trinajstić information content (AvgIpc) is 3.27. The summed E-state index contributed by atoms with van der Waals surface area (Å²) < 4.78 is 1.68. The molecule has 0 bridgehead atoms. The number of rotatable bonds is 4. The molecule has 1 saturated heterocycles. The fraction of sp³-hybridized carbons (Fsp3) is 0.438. The number of aromatic nitrogens is 2. The van der Waals surface area contributed by atoms with Crippen molar-refractivity contribution >= 4 is 23.2 Å². The summed E-state index contributed by atoms with van der Waals surface area (Å²) >= 11 is 1.52. The highest BCUT2D eigenvalue weighted by Crippen LogP contribution is 2.17. The Morgan fingerprint density at radius 2 is 1.96 bits per heavy atom. The molecule has 1 aliphatic rings. The SMILES string of the molecule is CNC(C(=O)N1CCN(C(=O)c2ccsc2)CC1)c1cnn(C)c1. The van der Waals surface area contributed by atoms with Gasteiger partial charge in [-0.25, -0.2) is 0 Å². The van der Waals surface area contributed by atoms with Crippen LogP contribution in [0.4, 0.5) is 0 Å². The van der Waals surface area contributed by atoms with Crippen molar-refractivity contribution in [2.75, 3.05) is 33.2 Å². The average molecular weight is 347 g/mol. The van der Waals surface area contributed by atoms with Gasteiger partial charge < -0.3 is 15.1 Å². The molecule has 2 aromatic heterocycles. The summed E-state index contributed by atoms with van der Waals surface area (Å²) in [5, 5.41) is 11.0. The van der Waals surface area contributed by atoms with Crippen molar-refractivity contribution in [3.05, 3.63) is 40.3 Å². The molecule has 0 aromatic carbocycles. The Bertz CT molecular complexity index is 704. The number of aryl methyl sites for hydroxylation is 1. The first-order valence-electron chi connectivity index (χ1n) is 7.86. The lowest BCUT2D eigenvalue weighted by atomic mass is 10.1. The van der Waals surface area contributed by atoms with E-state index in [1.165, 1.54) is 11.3 Å². The lowest BCUT2D eigenvalue weighted by Crippen LogP contribution is -2.52. The summed E-state index contributed by atoms with van der Waals surface area (Å²) in [6.07, 6.45) is 3.55. The molecule has 1 N–H and O–H groups in total. The molecule has 2 amide bonds. The molecule has 8 heteroatoms. The van der Waals surface area contributed by atoms with Crippen LogP contribution in [0.1, 0.15) is 22.0 Å². The highest BCUT2D eigenvalue weighted by molar-refractivity contribution is 7.08. The lowest BCUT2D eigenvalue weighted by Gasteiger charge is -2.36. The minimum Gasteiger partial charge on any atom is -0.337 e. The molecule has 1 aliphatic heterocycles. The molecule has 3 rings (SSSR count). The zero-order valence-corrected chi connectivity index (χ0v) is 14.6. The summed E-state index contributed by atoms with van der Waals surface area (Å²) in [6.45, 7) is 2.22. The Hall–Kier alpha value is -2.19. The molecule has 1 unspecified atom stereocenters. The summed E-state index contributed by atoms with van der Waals surface area (Å²) in [4.78, 5) is 28.7. The van der Waals surface area contributed by atoms with Crippen molar-refractivity contribution in [1.82, 2.24) is 24.9 Å². The second kappa shape index (κ2) is 7.14. The molecule has 0 spiro atoms. The fourth-order valence-electron chi connectivity index (χ4n) is 2.90. The topological polar surface area (TPSA) is 70.5 Å². The molecular weight excluding hydrogens is 326 g/mol. The Balaban J connectivity index is 1.61. The van der Waals surface area contributed by atoms with Gasteiger partial charge in [0.25, 0.3) is 5.91 Å². The van der Waals surface area contributed by atoms with Crippen molar-refractivity contribution in [2.45, 2.75) is 6.04 Å². The van der Waals surface area contributed by atoms with E-state index in [1.54, 1.807) is 17.9 Å². The van der Waals surface area contributed by atoms with Crippen LogP contribution in [-0.4, -0.2) is 64.6 Å². The minimum absolute atomic E-state index is 0.0214. The van der Waals surface area contributed by atoms with E-state index in [1.807, 2.05) is 39.9 Å². The Morgan fingerprint density at radius 1 is 1.25 bits per heavy atom. The fourth-order valence-corrected chi connectivity index (χ4v) is 3.53. The number of piperazine rings is 1. The van der Waals surface area contributed by atoms with E-state index in [-0.39, 0.29) is 11.8 Å². The molecule has 24 heavy (non-hydrogen) atoms. The first-order chi connectivity index (χ1) is 11.6. The summed E-state index contributed by atoms with van der Waals surface area (Å²) in [7, 11) is 3.60. The minimum atomic E-state index is -0.405. The number of likely N-dealkylation sites (N-methyl/N-ethyl adjacent to an activating group) is 1. The number of carbonyl (C=O) groups is 2. The Labute approximate surface area is 144 Å². The molecule has 7 nitrogen and oxygen atoms in total. The number of hydrogen-bond donors (Lipinski definition) is 1. The molecule has 128 valence electrons. The van der Waals surface area contributed by atoms with E-state index in [9.17, 15) is 9.59 Å². The van der Waals surface area contributed by atoms with Crippen molar-refractivity contribution in [3.63, 3.8) is 0 Å². The largest absolute Gasteiger partial charge is 0.337 e. The highest BCUT2D eigenvalue weighted by atomic mass is 32.1. The molecule has 0 radical (unpaired) electrons. The maximum atomic E-state index is 12.8. The van der Waals surface area contributed by atoms with Gasteiger partial charge in [-0.3, -0.25) is 14.3 Å². The van der Waals surface area contributed by atoms with Gasteiger partial charge in [0.1, 0.15) is 6.04 Å². The predicted octanol–water partition coefficient (Wildman–Crippen LogP) is 0.727. The zero-order chi connectivity index (χ0) is 17.1. The van der Waals surface area contributed by atoms with Crippen LogP contribution in [0.5, 0.6) is 0 Å². The molecule has 0 aliphatic carbocycles. The van der Waals surface area contributed by atoms with Crippen molar-refractivity contribution in [3.8, 4) is 0 Å². The summed E-state index contributed by atoms with van der Waals surface area (Å²) in [5.74, 6) is 0.0638. The van der Waals surface area contributed by atoms with Gasteiger partial charge in [-0.2, -0.15) is 16.4 Å². The molecule has 1 fully saturated rings. The molecule has 1 atom stereocenters. The van der Waals surface area contributed by atoms with E-state index in [2.05, 4.69) is 10.4 Å². The second-order valence-corrected chi connectivity index (χ2v) is 6.58. The third-order valence-electron chi connectivity index (χ3n) is 4.24. The normalized spacial score (nSPS) is 16.2. The van der Waals surface area contributed by atoms with Gasteiger partial charge in [-0.1, -0.05) is 0 Å². The number of hydrogen-bond acceptors (Lipinski definition) is 5. The quantitative estimate of drug-likeness (QED) is 0.885. The van der Waals surface area contributed by atoms with Gasteiger partial charge in [-0.05, 0) is 18.5 Å². The smallest absolute Gasteiger partial charge is 0.254 e. The van der Waals surface area contributed by atoms with Gasteiger partial charge in [0, 0.05) is 50.4 Å². The predicted molar refractivity (Wildman–Crippen MR) is 91.8 cm³/mol. The maximum Gasteiger partial charge on any atom is 0.254 e. The highest BCUT2D eigenvalue weighted by Gasteiger charge is 2.30. The van der Waals surface area contributed by atoms with Crippen LogP contribution >= 0.6 is 11.3 Å². The third kappa shape index (κ3) is 3.34. The van der Waals surface area contributed by atoms with E-state index >= 15 is 0 Å². The van der Waals surface area contributed by atoms with E-state index in [4.69, 9.17) is 0 Å². The Kier molecular flexibility index (Phi) is 4.96. The number of thiophene rings is 1. The number of carbonyl (C=O) groups excluding carboxylic acids is 2. The summed E-state index contributed by atoms with van der Waals surface area (Å²) in [5.41, 5.74) is 1.57. The third-order valence-corrected chi connectivity index (χ3v) is 4.92. The van der Waals surface area contributed by atoms with Gasteiger partial charge in [-0.15, -0.1) is 0 Å². The molecule has 2 aromatic rings. The van der Waals surface area contributed by atoms with Crippen LogP contribution in [0.25, 0.3) is 0 Å². The van der Waals surface area contributed by atoms with Gasteiger partial charge >= 0.3 is 0 Å². The maximum absolute atomic E-state index is 12.8. The van der Waals surface area contributed by atoms with Crippen molar-refractivity contribution in [1.29, 1.82) is 0 Å². The van der Waals surface area contributed by atoms with Crippen LogP contribution in [0.3, 0.4) is 0 Å². The van der Waals surface area contributed by atoms with E-state index in [0.29, 0.717) is 26.2 Å². The number of nitrogens with one attached hydrogen (secondary N) is 1. The summed E-state index contributed by atoms with van der Waals surface area (Å²) in [6, 6.07) is 1.43. The van der Waals surface area contributed by atoms with Crippen LogP contribution in [0.2, 0.25) is 0 Å². The van der Waals surface area contributed by atoms with Crippen LogP contribution in [-0.2, 0) is 11.8 Å². The number of amides is 2. The zero-order valence-electron chi connectivity index (χ0n) is 13.8. The Morgan fingerprint density at radius 3 is 2.50 bits per heavy atom. The monoisotopic (exact) mass is 347 g/mol. The number of nitrogens with zero attached hydrogens (tertiary/aromatic N) is 4. The first-order valence-corrected chi connectivity index (χ1v) is 8.80. The van der Waals surface area contributed by atoms with Crippen LogP contribution < -0.4 is 5.32 Å². The molecule has 3 heterocycles. The molecular formula is C16H21N5O2S. The van der Waals surface area contributed by atoms with Crippen molar-refractivity contribution < 1.29 is 9.59 Å². The van der Waals surface area contributed by atoms with Crippen LogP contribution in [0.15, 0.2) is 29.2 Å². The molecule has 0 saturated carbocycles. The lowest BCUT2D eigenvalue weighted by molar-refractivity contribution is -0.135. The standard InChI is InChI=1S/C16H21N5O2S/c1-17-14(13-9-18-19(2)10-13)16(23)21-6-4-20(5-7-21)15(22)12-3-8-24-11-12/h3,8-11,14,17H,4-7H2,1-2H3. The van der Waals surface area contributed by atoms with Gasteiger partial charge in [0.05, 0.1) is 11.8 Å². The van der Waals surface area contributed by atoms with E-state index in [0.717, 1.165) is 11.1 Å². The van der Waals surface area contributed by atoms with Gasteiger partial charge in [0.15, 0.2) is 0 Å². The first kappa shape index (κ1) is 16.7. The van der Waals surface area contributed by atoms with Gasteiger partial charge in [0.2, 0.25) is 5.91 Å². The second-order valence-electron chi connectivity index (χ2n) is 5.80. The van der Waals surface area contributed by atoms with Crippen LogP contribution in [0, 0.1) is 0 Å².